The molecule has 1 aliphatic heterocycles. The van der Waals surface area contributed by atoms with Crippen molar-refractivity contribution in [1.82, 2.24) is 9.97 Å². The van der Waals surface area contributed by atoms with Crippen LogP contribution in [0, 0.1) is 0 Å². The second-order valence-electron chi connectivity index (χ2n) is 4.71. The lowest BCUT2D eigenvalue weighted by molar-refractivity contribution is 0.801. The maximum Gasteiger partial charge on any atom is 0.260 e. The number of aromatic amines is 1. The zero-order chi connectivity index (χ0) is 13.2. The fourth-order valence-electron chi connectivity index (χ4n) is 2.26. The molecule has 1 aromatic heterocycles. The van der Waals surface area contributed by atoms with Crippen LogP contribution < -0.4 is 16.6 Å². The minimum atomic E-state index is -0.154. The highest BCUT2D eigenvalue weighted by molar-refractivity contribution is 8.00. The monoisotopic (exact) mass is 276 g/mol. The number of benzene rings is 1. The molecule has 0 amide bonds. The maximum atomic E-state index is 12.0. The molecule has 3 rings (SSSR count). The van der Waals surface area contributed by atoms with Gasteiger partial charge in [0.15, 0.2) is 0 Å². The Morgan fingerprint density at radius 3 is 3.21 bits per heavy atom. The Hall–Kier alpha value is -1.69. The van der Waals surface area contributed by atoms with Gasteiger partial charge in [-0.25, -0.2) is 4.98 Å². The van der Waals surface area contributed by atoms with Crippen molar-refractivity contribution in [2.24, 2.45) is 0 Å². The van der Waals surface area contributed by atoms with Crippen LogP contribution in [0.25, 0.3) is 10.9 Å². The van der Waals surface area contributed by atoms with Crippen LogP contribution in [0.15, 0.2) is 23.0 Å². The maximum absolute atomic E-state index is 12.0. The molecule has 1 unspecified atom stereocenters. The van der Waals surface area contributed by atoms with Crippen LogP contribution >= 0.6 is 11.8 Å². The number of hydrogen-bond acceptors (Lipinski definition) is 5. The highest BCUT2D eigenvalue weighted by atomic mass is 32.2. The predicted octanol–water partition coefficient (Wildman–Crippen LogP) is 1.81. The molecule has 1 atom stereocenters. The molecule has 0 spiro atoms. The fourth-order valence-corrected chi connectivity index (χ4v) is 3.46. The first kappa shape index (κ1) is 12.3. The van der Waals surface area contributed by atoms with Crippen LogP contribution in [-0.4, -0.2) is 27.5 Å². The van der Waals surface area contributed by atoms with Crippen molar-refractivity contribution in [3.63, 3.8) is 0 Å². The Labute approximate surface area is 115 Å². The summed E-state index contributed by atoms with van der Waals surface area (Å²) in [6.07, 6.45) is 2.50. The molecule has 4 N–H and O–H groups in total. The average molecular weight is 276 g/mol. The molecule has 0 aliphatic carbocycles. The van der Waals surface area contributed by atoms with Gasteiger partial charge in [-0.1, -0.05) is 0 Å². The van der Waals surface area contributed by atoms with Gasteiger partial charge in [0.25, 0.3) is 5.56 Å². The number of rotatable bonds is 3. The van der Waals surface area contributed by atoms with Crippen LogP contribution in [0.4, 0.5) is 11.6 Å². The molecule has 1 saturated heterocycles. The van der Waals surface area contributed by atoms with Gasteiger partial charge in [-0.05, 0) is 36.8 Å². The first-order chi connectivity index (χ1) is 9.22. The van der Waals surface area contributed by atoms with E-state index in [2.05, 4.69) is 15.3 Å². The van der Waals surface area contributed by atoms with Crippen molar-refractivity contribution in [3.05, 3.63) is 28.6 Å². The average Bonchev–Trinajstić information content (AvgIpc) is 2.90. The number of hydrogen-bond donors (Lipinski definition) is 3. The van der Waals surface area contributed by atoms with Crippen molar-refractivity contribution in [2.75, 3.05) is 23.3 Å². The van der Waals surface area contributed by atoms with Crippen LogP contribution in [0.5, 0.6) is 0 Å². The number of nitrogens with two attached hydrogens (primary N) is 1. The molecule has 0 radical (unpaired) electrons. The van der Waals surface area contributed by atoms with Gasteiger partial charge >= 0.3 is 0 Å². The lowest BCUT2D eigenvalue weighted by atomic mass is 10.2. The molecule has 2 heterocycles. The second-order valence-corrected chi connectivity index (χ2v) is 6.12. The first-order valence-electron chi connectivity index (χ1n) is 6.37. The summed E-state index contributed by atoms with van der Waals surface area (Å²) in [6, 6.07) is 5.18. The van der Waals surface area contributed by atoms with Crippen molar-refractivity contribution in [3.8, 4) is 0 Å². The summed E-state index contributed by atoms with van der Waals surface area (Å²) in [5.41, 5.74) is 6.76. The summed E-state index contributed by atoms with van der Waals surface area (Å²) in [6.45, 7) is 0.841. The molecule has 1 fully saturated rings. The van der Waals surface area contributed by atoms with Gasteiger partial charge < -0.3 is 11.1 Å². The Morgan fingerprint density at radius 1 is 1.53 bits per heavy atom. The van der Waals surface area contributed by atoms with Gasteiger partial charge in [0, 0.05) is 17.5 Å². The van der Waals surface area contributed by atoms with Crippen molar-refractivity contribution in [2.45, 2.75) is 18.1 Å². The van der Waals surface area contributed by atoms with Crippen LogP contribution in [0.1, 0.15) is 12.8 Å². The van der Waals surface area contributed by atoms with Gasteiger partial charge in [-0.3, -0.25) is 9.78 Å². The highest BCUT2D eigenvalue weighted by Crippen LogP contribution is 2.25. The van der Waals surface area contributed by atoms with E-state index in [-0.39, 0.29) is 5.56 Å². The number of fused-ring (bicyclic) bond motifs is 1. The minimum absolute atomic E-state index is 0.154. The van der Waals surface area contributed by atoms with E-state index in [1.165, 1.54) is 18.6 Å². The van der Waals surface area contributed by atoms with E-state index in [0.29, 0.717) is 27.8 Å². The van der Waals surface area contributed by atoms with Gasteiger partial charge in [0.05, 0.1) is 10.9 Å². The summed E-state index contributed by atoms with van der Waals surface area (Å²) in [5, 5.41) is 4.36. The van der Waals surface area contributed by atoms with E-state index >= 15 is 0 Å². The largest absolute Gasteiger partial charge is 0.399 e. The third-order valence-electron chi connectivity index (χ3n) is 3.25. The molecule has 2 aromatic rings. The predicted molar refractivity (Wildman–Crippen MR) is 80.7 cm³/mol. The zero-order valence-corrected chi connectivity index (χ0v) is 11.3. The van der Waals surface area contributed by atoms with E-state index in [0.717, 1.165) is 6.54 Å². The second kappa shape index (κ2) is 5.13. The minimum Gasteiger partial charge on any atom is -0.399 e. The topological polar surface area (TPSA) is 83.8 Å². The third-order valence-corrected chi connectivity index (χ3v) is 4.65. The first-order valence-corrected chi connectivity index (χ1v) is 7.42. The summed E-state index contributed by atoms with van der Waals surface area (Å²) >= 11 is 1.97. The van der Waals surface area contributed by atoms with Gasteiger partial charge in [0.1, 0.15) is 0 Å². The van der Waals surface area contributed by atoms with Crippen LogP contribution in [-0.2, 0) is 0 Å². The normalized spacial score (nSPS) is 18.8. The lowest BCUT2D eigenvalue weighted by Gasteiger charge is -2.10. The molecule has 5 nitrogen and oxygen atoms in total. The summed E-state index contributed by atoms with van der Waals surface area (Å²) < 4.78 is 0. The number of aromatic nitrogens is 2. The van der Waals surface area contributed by atoms with Crippen molar-refractivity contribution >= 4 is 34.3 Å². The van der Waals surface area contributed by atoms with Crippen LogP contribution in [0.2, 0.25) is 0 Å². The molecule has 6 heteroatoms. The number of nitrogens with zero attached hydrogens (tertiary/aromatic N) is 1. The molecule has 1 aliphatic rings. The Kier molecular flexibility index (Phi) is 3.33. The molecule has 19 heavy (non-hydrogen) atoms. The molecule has 100 valence electrons. The van der Waals surface area contributed by atoms with Gasteiger partial charge in [-0.2, -0.15) is 11.8 Å². The Bertz CT molecular complexity index is 649. The van der Waals surface area contributed by atoms with E-state index < -0.39 is 0 Å². The standard InChI is InChI=1S/C13H16N4OS/c14-8-3-4-11-10(6-8)12(18)17-13(16-11)15-7-9-2-1-5-19-9/h3-4,6,9H,1-2,5,7,14H2,(H2,15,16,17,18). The lowest BCUT2D eigenvalue weighted by Crippen LogP contribution is -2.18. The summed E-state index contributed by atoms with van der Waals surface area (Å²) in [4.78, 5) is 19.1. The number of thioether (sulfide) groups is 1. The molecule has 1 aromatic carbocycles. The molecule has 0 bridgehead atoms. The third kappa shape index (κ3) is 2.68. The van der Waals surface area contributed by atoms with Gasteiger partial charge in [-0.15, -0.1) is 0 Å². The molecular weight excluding hydrogens is 260 g/mol. The highest BCUT2D eigenvalue weighted by Gasteiger charge is 2.15. The SMILES string of the molecule is Nc1ccc2nc(NCC3CCCS3)[nH]c(=O)c2c1. The molecular formula is C13H16N4OS. The van der Waals surface area contributed by atoms with Crippen molar-refractivity contribution < 1.29 is 0 Å². The van der Waals surface area contributed by atoms with E-state index in [1.807, 2.05) is 11.8 Å². The number of H-pyrrole nitrogens is 1. The summed E-state index contributed by atoms with van der Waals surface area (Å²) in [7, 11) is 0. The Balaban J connectivity index is 1.84. The van der Waals surface area contributed by atoms with E-state index in [1.54, 1.807) is 18.2 Å². The number of nitrogens with one attached hydrogen (secondary N) is 2. The van der Waals surface area contributed by atoms with Crippen LogP contribution in [0.3, 0.4) is 0 Å². The van der Waals surface area contributed by atoms with Crippen molar-refractivity contribution in [1.29, 1.82) is 0 Å². The van der Waals surface area contributed by atoms with Gasteiger partial charge in [0.2, 0.25) is 5.95 Å². The van der Waals surface area contributed by atoms with E-state index in [4.69, 9.17) is 5.73 Å². The fraction of sp³-hybridized carbons (Fsp3) is 0.385. The quantitative estimate of drug-likeness (QED) is 0.745. The smallest absolute Gasteiger partial charge is 0.260 e. The zero-order valence-electron chi connectivity index (χ0n) is 10.5. The summed E-state index contributed by atoms with van der Waals surface area (Å²) in [5.74, 6) is 1.77. The number of nitrogen functional groups attached to an aromatic ring is 1. The van der Waals surface area contributed by atoms with E-state index in [9.17, 15) is 4.79 Å². The number of anilines is 2. The Morgan fingerprint density at radius 2 is 2.42 bits per heavy atom. The molecule has 0 saturated carbocycles.